The highest BCUT2D eigenvalue weighted by Crippen LogP contribution is 2.17. The van der Waals surface area contributed by atoms with Crippen molar-refractivity contribution in [1.29, 1.82) is 0 Å². The molecule has 0 radical (unpaired) electrons. The van der Waals surface area contributed by atoms with Crippen molar-refractivity contribution in [2.75, 3.05) is 13.2 Å². The zero-order valence-electron chi connectivity index (χ0n) is 52.8. The van der Waals surface area contributed by atoms with Crippen LogP contribution in [-0.4, -0.2) is 37.2 Å². The second-order valence-electron chi connectivity index (χ2n) is 22.7. The lowest BCUT2D eigenvalue weighted by atomic mass is 10.0. The van der Waals surface area contributed by atoms with E-state index < -0.39 is 6.10 Å². The van der Waals surface area contributed by atoms with Crippen LogP contribution in [0.2, 0.25) is 0 Å². The topological polar surface area (TPSA) is 78.9 Å². The third-order valence-electron chi connectivity index (χ3n) is 14.8. The molecule has 0 rings (SSSR count). The van der Waals surface area contributed by atoms with Crippen molar-refractivity contribution in [2.45, 2.75) is 341 Å². The molecule has 0 fully saturated rings. The molecule has 0 aromatic carbocycles. The van der Waals surface area contributed by atoms with Crippen molar-refractivity contribution in [1.82, 2.24) is 0 Å². The Hall–Kier alpha value is -3.67. The summed E-state index contributed by atoms with van der Waals surface area (Å²) in [6, 6.07) is 0. The van der Waals surface area contributed by atoms with Crippen molar-refractivity contribution in [3.8, 4) is 0 Å². The number of unbranched alkanes of at least 4 members (excludes halogenated alkanes) is 35. The molecule has 0 saturated carbocycles. The first-order chi connectivity index (χ1) is 39.5. The molecule has 460 valence electrons. The molecular formula is C74H128O6. The first-order valence-electron chi connectivity index (χ1n) is 34.2. The van der Waals surface area contributed by atoms with Crippen molar-refractivity contribution < 1.29 is 28.6 Å². The van der Waals surface area contributed by atoms with Crippen molar-refractivity contribution in [3.05, 3.63) is 97.2 Å². The van der Waals surface area contributed by atoms with Crippen molar-refractivity contribution >= 4 is 17.9 Å². The SMILES string of the molecule is CC/C=C\C/C=C\C/C=C\C/C=C\C/C=C\C/C=C\CCCCC(=O)OC(COC(=O)CCCCCCC/C=C\CCCCCCC)COC(=O)CCCCCCCCCCCCCCCCC/C=C\CCCCCCCCCC. The van der Waals surface area contributed by atoms with Crippen LogP contribution in [0, 0.1) is 0 Å². The minimum absolute atomic E-state index is 0.0962. The Morgan fingerprint density at radius 1 is 0.263 bits per heavy atom. The van der Waals surface area contributed by atoms with Gasteiger partial charge in [-0.25, -0.2) is 0 Å². The summed E-state index contributed by atoms with van der Waals surface area (Å²) in [7, 11) is 0. The number of allylic oxidation sites excluding steroid dienone is 16. The van der Waals surface area contributed by atoms with E-state index in [1.807, 2.05) is 0 Å². The third-order valence-corrected chi connectivity index (χ3v) is 14.8. The Morgan fingerprint density at radius 2 is 0.487 bits per heavy atom. The fourth-order valence-electron chi connectivity index (χ4n) is 9.67. The summed E-state index contributed by atoms with van der Waals surface area (Å²) in [6.45, 7) is 6.51. The molecule has 6 heteroatoms. The molecule has 0 N–H and O–H groups in total. The molecule has 0 amide bonds. The van der Waals surface area contributed by atoms with E-state index in [0.29, 0.717) is 19.3 Å². The summed E-state index contributed by atoms with van der Waals surface area (Å²) >= 11 is 0. The van der Waals surface area contributed by atoms with E-state index in [9.17, 15) is 14.4 Å². The summed E-state index contributed by atoms with van der Waals surface area (Å²) in [5.41, 5.74) is 0. The van der Waals surface area contributed by atoms with Crippen LogP contribution in [-0.2, 0) is 28.6 Å². The van der Waals surface area contributed by atoms with Gasteiger partial charge in [0, 0.05) is 19.3 Å². The van der Waals surface area contributed by atoms with Gasteiger partial charge in [-0.3, -0.25) is 14.4 Å². The van der Waals surface area contributed by atoms with Crippen molar-refractivity contribution in [2.24, 2.45) is 0 Å². The van der Waals surface area contributed by atoms with Gasteiger partial charge < -0.3 is 14.2 Å². The molecule has 0 aliphatic heterocycles. The molecule has 0 bridgehead atoms. The second-order valence-corrected chi connectivity index (χ2v) is 22.7. The van der Waals surface area contributed by atoms with Gasteiger partial charge in [0.2, 0.25) is 0 Å². The Morgan fingerprint density at radius 3 is 0.800 bits per heavy atom. The van der Waals surface area contributed by atoms with Gasteiger partial charge in [0.1, 0.15) is 13.2 Å². The van der Waals surface area contributed by atoms with Crippen LogP contribution in [0.15, 0.2) is 97.2 Å². The number of rotatable bonds is 62. The first kappa shape index (κ1) is 76.3. The number of hydrogen-bond acceptors (Lipinski definition) is 6. The quantitative estimate of drug-likeness (QED) is 0.0261. The fourth-order valence-corrected chi connectivity index (χ4v) is 9.67. The number of carbonyl (C=O) groups excluding carboxylic acids is 3. The molecule has 6 nitrogen and oxygen atoms in total. The highest BCUT2D eigenvalue weighted by Gasteiger charge is 2.19. The van der Waals surface area contributed by atoms with Crippen LogP contribution in [0.5, 0.6) is 0 Å². The van der Waals surface area contributed by atoms with E-state index in [2.05, 4.69) is 118 Å². The van der Waals surface area contributed by atoms with Crippen LogP contribution < -0.4 is 0 Å². The Bertz CT molecular complexity index is 1560. The van der Waals surface area contributed by atoms with Gasteiger partial charge in [-0.1, -0.05) is 291 Å². The number of ether oxygens (including phenoxy) is 3. The first-order valence-corrected chi connectivity index (χ1v) is 34.2. The van der Waals surface area contributed by atoms with E-state index >= 15 is 0 Å². The van der Waals surface area contributed by atoms with Gasteiger partial charge in [-0.15, -0.1) is 0 Å². The van der Waals surface area contributed by atoms with E-state index in [-0.39, 0.29) is 37.5 Å². The van der Waals surface area contributed by atoms with Crippen molar-refractivity contribution in [3.63, 3.8) is 0 Å². The van der Waals surface area contributed by atoms with Crippen LogP contribution in [0.1, 0.15) is 335 Å². The molecule has 0 aliphatic carbocycles. The summed E-state index contributed by atoms with van der Waals surface area (Å²) in [5.74, 6) is -0.937. The van der Waals surface area contributed by atoms with E-state index in [4.69, 9.17) is 14.2 Å². The van der Waals surface area contributed by atoms with Gasteiger partial charge in [0.25, 0.3) is 0 Å². The predicted molar refractivity (Wildman–Crippen MR) is 348 cm³/mol. The Labute approximate surface area is 496 Å². The Kier molecular flexibility index (Phi) is 64.7. The third kappa shape index (κ3) is 65.1. The molecule has 0 saturated heterocycles. The molecule has 1 unspecified atom stereocenters. The maximum Gasteiger partial charge on any atom is 0.306 e. The molecule has 0 aliphatic rings. The fraction of sp³-hybridized carbons (Fsp3) is 0.743. The summed E-state index contributed by atoms with van der Waals surface area (Å²) < 4.78 is 16.9. The Balaban J connectivity index is 4.35. The monoisotopic (exact) mass is 1110 g/mol. The standard InChI is InChI=1S/C74H128O6/c1-4-7-10-13-16-19-22-25-28-30-32-34-35-36-37-38-39-41-42-44-46-49-52-55-58-61-64-67-73(76)79-70-71(69-78-72(75)66-63-60-57-54-51-48-27-24-21-18-15-12-9-6-3)80-74(77)68-65-62-59-56-53-50-47-45-43-40-33-31-29-26-23-20-17-14-11-8-5-2/h8,11,17,20,24,26-27,29-30,32-33,40,45,47,53,56,71H,4-7,9-10,12-16,18-19,21-23,25,28,31,34-39,41-44,46,48-52,54-55,57-70H2,1-3H3/b11-8-,20-17-,27-24-,29-26-,32-30-,40-33-,47-45-,56-53-. The minimum Gasteiger partial charge on any atom is -0.462 e. The van der Waals surface area contributed by atoms with Gasteiger partial charge in [0.15, 0.2) is 6.10 Å². The molecule has 1 atom stereocenters. The van der Waals surface area contributed by atoms with Gasteiger partial charge >= 0.3 is 17.9 Å². The molecule has 80 heavy (non-hydrogen) atoms. The number of carbonyl (C=O) groups is 3. The van der Waals surface area contributed by atoms with Crippen LogP contribution in [0.3, 0.4) is 0 Å². The van der Waals surface area contributed by atoms with E-state index in [1.54, 1.807) is 0 Å². The molecule has 0 spiro atoms. The predicted octanol–water partition coefficient (Wildman–Crippen LogP) is 23.6. The van der Waals surface area contributed by atoms with Crippen LogP contribution in [0.25, 0.3) is 0 Å². The largest absolute Gasteiger partial charge is 0.462 e. The number of hydrogen-bond donors (Lipinski definition) is 0. The summed E-state index contributed by atoms with van der Waals surface area (Å²) in [5, 5.41) is 0. The number of esters is 3. The zero-order valence-corrected chi connectivity index (χ0v) is 52.8. The average Bonchev–Trinajstić information content (AvgIpc) is 3.46. The lowest BCUT2D eigenvalue weighted by Crippen LogP contribution is -2.30. The second kappa shape index (κ2) is 67.8. The molecule has 0 heterocycles. The lowest BCUT2D eigenvalue weighted by molar-refractivity contribution is -0.167. The van der Waals surface area contributed by atoms with Gasteiger partial charge in [0.05, 0.1) is 0 Å². The molecule has 0 aromatic rings. The lowest BCUT2D eigenvalue weighted by Gasteiger charge is -2.18. The van der Waals surface area contributed by atoms with Crippen LogP contribution >= 0.6 is 0 Å². The van der Waals surface area contributed by atoms with Crippen LogP contribution in [0.4, 0.5) is 0 Å². The minimum atomic E-state index is -0.806. The normalized spacial score (nSPS) is 12.7. The van der Waals surface area contributed by atoms with Gasteiger partial charge in [-0.2, -0.15) is 0 Å². The smallest absolute Gasteiger partial charge is 0.306 e. The maximum atomic E-state index is 12.9. The summed E-state index contributed by atoms with van der Waals surface area (Å²) in [4.78, 5) is 38.4. The average molecular weight is 1110 g/mol. The maximum absolute atomic E-state index is 12.9. The zero-order chi connectivity index (χ0) is 57.8. The summed E-state index contributed by atoms with van der Waals surface area (Å²) in [6.07, 6.45) is 91.5. The molecular weight excluding hydrogens is 985 g/mol. The van der Waals surface area contributed by atoms with E-state index in [0.717, 1.165) is 96.3 Å². The highest BCUT2D eigenvalue weighted by atomic mass is 16.6. The molecule has 0 aromatic heterocycles. The van der Waals surface area contributed by atoms with Gasteiger partial charge in [-0.05, 0) is 122 Å². The van der Waals surface area contributed by atoms with E-state index in [1.165, 1.54) is 193 Å². The highest BCUT2D eigenvalue weighted by molar-refractivity contribution is 5.71.